The van der Waals surface area contributed by atoms with E-state index < -0.39 is 12.1 Å². The molecule has 4 aromatic rings. The number of carbonyl (C=O) groups excluding carboxylic acids is 3. The highest BCUT2D eigenvalue weighted by molar-refractivity contribution is 5.98. The third kappa shape index (κ3) is 9.26. The molecular weight excluding hydrogens is 638 g/mol. The van der Waals surface area contributed by atoms with E-state index in [1.807, 2.05) is 74.8 Å². The average Bonchev–Trinajstić information content (AvgIpc) is 3.52. The molecule has 3 N–H and O–H groups in total. The van der Waals surface area contributed by atoms with E-state index in [0.29, 0.717) is 54.2 Å². The Kier molecular flexibility index (Phi) is 11.5. The van der Waals surface area contributed by atoms with Crippen molar-refractivity contribution in [1.82, 2.24) is 20.0 Å². The third-order valence-electron chi connectivity index (χ3n) is 9.93. The number of hydrogen-bond donors (Lipinski definition) is 3. The lowest BCUT2D eigenvalue weighted by Crippen LogP contribution is -2.57. The maximum atomic E-state index is 14.2. The van der Waals surface area contributed by atoms with Crippen LogP contribution in [0, 0.1) is 24.7 Å². The Morgan fingerprint density at radius 3 is 2.43 bits per heavy atom. The van der Waals surface area contributed by atoms with Gasteiger partial charge in [-0.05, 0) is 86.9 Å². The van der Waals surface area contributed by atoms with Crippen LogP contribution in [-0.2, 0) is 27.9 Å². The van der Waals surface area contributed by atoms with Crippen LogP contribution < -0.4 is 10.6 Å². The molecular formula is C42H47N5O4. The zero-order chi connectivity index (χ0) is 35.7. The number of hydrogen-bond acceptors (Lipinski definition) is 5. The van der Waals surface area contributed by atoms with Crippen molar-refractivity contribution in [2.75, 3.05) is 11.9 Å². The first kappa shape index (κ1) is 35.5. The Morgan fingerprint density at radius 2 is 1.67 bits per heavy atom. The number of likely N-dealkylation sites (tertiary alicyclic amines) is 1. The Labute approximate surface area is 300 Å². The van der Waals surface area contributed by atoms with Gasteiger partial charge in [0.05, 0.1) is 5.56 Å². The Bertz CT molecular complexity index is 1900. The van der Waals surface area contributed by atoms with Crippen molar-refractivity contribution in [1.29, 1.82) is 0 Å². The van der Waals surface area contributed by atoms with Gasteiger partial charge in [-0.1, -0.05) is 73.1 Å². The van der Waals surface area contributed by atoms with Gasteiger partial charge in [-0.25, -0.2) is 0 Å². The second kappa shape index (κ2) is 16.6. The van der Waals surface area contributed by atoms with Crippen molar-refractivity contribution in [3.05, 3.63) is 101 Å². The molecule has 9 heteroatoms. The van der Waals surface area contributed by atoms with Crippen molar-refractivity contribution in [3.63, 3.8) is 0 Å². The predicted octanol–water partition coefficient (Wildman–Crippen LogP) is 6.52. The third-order valence-corrected chi connectivity index (χ3v) is 9.93. The molecule has 1 saturated carbocycles. The molecule has 1 saturated heterocycles. The first-order valence-electron chi connectivity index (χ1n) is 18.1. The zero-order valence-electron chi connectivity index (χ0n) is 29.5. The van der Waals surface area contributed by atoms with Crippen molar-refractivity contribution in [2.24, 2.45) is 13.0 Å². The van der Waals surface area contributed by atoms with Crippen LogP contribution in [-0.4, -0.2) is 56.1 Å². The quantitative estimate of drug-likeness (QED) is 0.174. The smallest absolute Gasteiger partial charge is 0.247 e. The number of carbonyl (C=O) groups is 3. The number of phenolic OH excluding ortho intramolecular Hbond substituents is 1. The highest BCUT2D eigenvalue weighted by Gasteiger charge is 2.36. The fourth-order valence-electron chi connectivity index (χ4n) is 7.25. The number of rotatable bonds is 9. The largest absolute Gasteiger partial charge is 0.507 e. The number of piperidine rings is 1. The van der Waals surface area contributed by atoms with Gasteiger partial charge in [0.15, 0.2) is 0 Å². The molecule has 264 valence electrons. The zero-order valence-corrected chi connectivity index (χ0v) is 29.5. The molecule has 2 aliphatic rings. The minimum Gasteiger partial charge on any atom is -0.507 e. The molecule has 0 radical (unpaired) electrons. The highest BCUT2D eigenvalue weighted by atomic mass is 16.3. The van der Waals surface area contributed by atoms with Gasteiger partial charge in [0.2, 0.25) is 17.7 Å². The van der Waals surface area contributed by atoms with Crippen LogP contribution in [0.5, 0.6) is 5.75 Å². The van der Waals surface area contributed by atoms with Crippen LogP contribution in [0.2, 0.25) is 0 Å². The molecule has 3 amide bonds. The van der Waals surface area contributed by atoms with Crippen molar-refractivity contribution in [2.45, 2.75) is 83.2 Å². The normalized spacial score (nSPS) is 16.8. The SMILES string of the molecule is Cc1ccc(O)c(-c2nn(C)cc2C#Cc2ccc(NC(=O)C3CCCCN3C(=O)[C@H](Cc3ccccc3)NC(=O)CC3CCCCC3)cc2)c1. The second-order valence-corrected chi connectivity index (χ2v) is 14.0. The number of aromatic nitrogens is 2. The van der Waals surface area contributed by atoms with E-state index in [1.54, 1.807) is 27.8 Å². The van der Waals surface area contributed by atoms with E-state index in [-0.39, 0.29) is 23.5 Å². The number of phenols is 1. The number of amides is 3. The first-order valence-corrected chi connectivity index (χ1v) is 18.1. The second-order valence-electron chi connectivity index (χ2n) is 14.0. The van der Waals surface area contributed by atoms with Gasteiger partial charge >= 0.3 is 0 Å². The molecule has 1 aliphatic heterocycles. The Hall–Kier alpha value is -5.36. The molecule has 2 heterocycles. The molecule has 1 aliphatic carbocycles. The summed E-state index contributed by atoms with van der Waals surface area (Å²) in [7, 11) is 1.82. The Morgan fingerprint density at radius 1 is 0.922 bits per heavy atom. The molecule has 1 unspecified atom stereocenters. The summed E-state index contributed by atoms with van der Waals surface area (Å²) in [5.41, 5.74) is 5.25. The summed E-state index contributed by atoms with van der Waals surface area (Å²) in [6.07, 6.45) is 10.5. The molecule has 2 fully saturated rings. The molecule has 1 aromatic heterocycles. The van der Waals surface area contributed by atoms with E-state index in [2.05, 4.69) is 27.6 Å². The lowest BCUT2D eigenvalue weighted by molar-refractivity contribution is -0.143. The van der Waals surface area contributed by atoms with Crippen LogP contribution in [0.25, 0.3) is 11.3 Å². The van der Waals surface area contributed by atoms with Crippen LogP contribution in [0.4, 0.5) is 5.69 Å². The van der Waals surface area contributed by atoms with Gasteiger partial charge in [0.1, 0.15) is 23.5 Å². The number of benzene rings is 3. The number of aryl methyl sites for hydroxylation is 2. The molecule has 9 nitrogen and oxygen atoms in total. The first-order chi connectivity index (χ1) is 24.7. The van der Waals surface area contributed by atoms with Crippen molar-refractivity contribution in [3.8, 4) is 28.8 Å². The monoisotopic (exact) mass is 685 g/mol. The summed E-state index contributed by atoms with van der Waals surface area (Å²) >= 11 is 0. The lowest BCUT2D eigenvalue weighted by Gasteiger charge is -2.37. The van der Waals surface area contributed by atoms with E-state index in [4.69, 9.17) is 0 Å². The molecule has 0 bridgehead atoms. The van der Waals surface area contributed by atoms with Gasteiger partial charge in [0, 0.05) is 49.4 Å². The van der Waals surface area contributed by atoms with E-state index in [9.17, 15) is 19.5 Å². The highest BCUT2D eigenvalue weighted by Crippen LogP contribution is 2.31. The van der Waals surface area contributed by atoms with Crippen molar-refractivity contribution < 1.29 is 19.5 Å². The Balaban J connectivity index is 1.13. The number of aromatic hydroxyl groups is 1. The number of anilines is 1. The summed E-state index contributed by atoms with van der Waals surface area (Å²) in [6, 6.07) is 21.0. The minimum atomic E-state index is -0.745. The fourth-order valence-corrected chi connectivity index (χ4v) is 7.25. The van der Waals surface area contributed by atoms with Crippen LogP contribution in [0.1, 0.15) is 80.0 Å². The maximum absolute atomic E-state index is 14.2. The molecule has 51 heavy (non-hydrogen) atoms. The van der Waals surface area contributed by atoms with Gasteiger partial charge in [0.25, 0.3) is 0 Å². The number of nitrogens with one attached hydrogen (secondary N) is 2. The van der Waals surface area contributed by atoms with E-state index >= 15 is 0 Å². The maximum Gasteiger partial charge on any atom is 0.247 e. The lowest BCUT2D eigenvalue weighted by atomic mass is 9.86. The minimum absolute atomic E-state index is 0.0922. The molecule has 3 aromatic carbocycles. The van der Waals surface area contributed by atoms with E-state index in [1.165, 1.54) is 6.42 Å². The summed E-state index contributed by atoms with van der Waals surface area (Å²) in [5.74, 6) is 6.31. The van der Waals surface area contributed by atoms with Crippen LogP contribution >= 0.6 is 0 Å². The van der Waals surface area contributed by atoms with E-state index in [0.717, 1.165) is 55.2 Å². The molecule has 2 atom stereocenters. The van der Waals surface area contributed by atoms with Crippen molar-refractivity contribution >= 4 is 23.4 Å². The summed E-state index contributed by atoms with van der Waals surface area (Å²) in [6.45, 7) is 2.43. The van der Waals surface area contributed by atoms with Gasteiger partial charge in [-0.2, -0.15) is 5.10 Å². The molecule has 6 rings (SSSR count). The number of nitrogens with zero attached hydrogens (tertiary/aromatic N) is 3. The summed E-state index contributed by atoms with van der Waals surface area (Å²) in [4.78, 5) is 42.8. The van der Waals surface area contributed by atoms with Gasteiger partial charge in [-0.3, -0.25) is 19.1 Å². The van der Waals surface area contributed by atoms with Gasteiger partial charge in [-0.15, -0.1) is 0 Å². The molecule has 0 spiro atoms. The average molecular weight is 686 g/mol. The summed E-state index contributed by atoms with van der Waals surface area (Å²) < 4.78 is 1.67. The standard InChI is InChI=1S/C42H47N5O4/c1-29-16-23-38(48)35(25-29)40-33(28-46(2)45-40)20-17-30-18-21-34(22-19-30)43-41(50)37-15-9-10-24-47(37)42(51)36(26-31-11-5-3-6-12-31)44-39(49)27-32-13-7-4-8-14-32/h3,5-6,11-12,16,18-19,21-23,25,28,32,36-37,48H,4,7-10,13-15,24,26-27H2,1-2H3,(H,43,50)(H,44,49)/t36-,37?/m0/s1. The topological polar surface area (TPSA) is 117 Å². The van der Waals surface area contributed by atoms with Crippen LogP contribution in [0.3, 0.4) is 0 Å². The predicted molar refractivity (Wildman–Crippen MR) is 199 cm³/mol. The van der Waals surface area contributed by atoms with Crippen LogP contribution in [0.15, 0.2) is 79.0 Å². The van der Waals surface area contributed by atoms with Gasteiger partial charge < -0.3 is 20.6 Å². The summed E-state index contributed by atoms with van der Waals surface area (Å²) in [5, 5.41) is 21.1. The fraction of sp³-hybridized carbons (Fsp3) is 0.381.